The molecule has 4 amide bonds. The van der Waals surface area contributed by atoms with Gasteiger partial charge in [-0.1, -0.05) is 64.4 Å². The normalized spacial score (nSPS) is 15.9. The van der Waals surface area contributed by atoms with E-state index in [1.54, 1.807) is 20.8 Å². The molecule has 0 aliphatic rings. The zero-order valence-electron chi connectivity index (χ0n) is 22.2. The van der Waals surface area contributed by atoms with E-state index in [4.69, 9.17) is 5.73 Å². The summed E-state index contributed by atoms with van der Waals surface area (Å²) in [7, 11) is 0. The Morgan fingerprint density at radius 2 is 1.41 bits per heavy atom. The number of carbonyl (C=O) groups is 5. The number of nitrogens with two attached hydrogens (primary N) is 1. The molecule has 1 rings (SSSR count). The molecular weight excluding hydrogens is 478 g/mol. The van der Waals surface area contributed by atoms with E-state index < -0.39 is 53.9 Å². The first-order chi connectivity index (χ1) is 17.4. The summed E-state index contributed by atoms with van der Waals surface area (Å²) in [6, 6.07) is 4.92. The summed E-state index contributed by atoms with van der Waals surface area (Å²) >= 11 is 0. The smallest absolute Gasteiger partial charge is 0.245 e. The predicted molar refractivity (Wildman–Crippen MR) is 139 cm³/mol. The fraction of sp³-hybridized carbons (Fsp3) is 0.577. The Morgan fingerprint density at radius 1 is 0.865 bits per heavy atom. The van der Waals surface area contributed by atoms with Crippen LogP contribution in [0.4, 0.5) is 0 Å². The largest absolute Gasteiger partial charge is 0.391 e. The van der Waals surface area contributed by atoms with Crippen LogP contribution in [0, 0.1) is 11.8 Å². The van der Waals surface area contributed by atoms with Crippen LogP contribution >= 0.6 is 0 Å². The van der Waals surface area contributed by atoms with Crippen LogP contribution in [0.2, 0.25) is 0 Å². The summed E-state index contributed by atoms with van der Waals surface area (Å²) in [6.07, 6.45) is 0.0539. The molecule has 0 fully saturated rings. The first kappa shape index (κ1) is 31.7. The van der Waals surface area contributed by atoms with E-state index in [-0.39, 0.29) is 24.8 Å². The van der Waals surface area contributed by atoms with Crippen molar-refractivity contribution in [3.8, 4) is 0 Å². The molecule has 0 radical (unpaired) electrons. The second-order valence-electron chi connectivity index (χ2n) is 9.54. The second-order valence-corrected chi connectivity index (χ2v) is 9.54. The van der Waals surface area contributed by atoms with Gasteiger partial charge in [0.25, 0.3) is 0 Å². The molecule has 206 valence electrons. The lowest BCUT2D eigenvalue weighted by Gasteiger charge is -2.29. The van der Waals surface area contributed by atoms with Gasteiger partial charge >= 0.3 is 0 Å². The Bertz CT molecular complexity index is 908. The molecule has 0 spiro atoms. The first-order valence-electron chi connectivity index (χ1n) is 12.5. The number of nitrogens with one attached hydrogen (secondary N) is 4. The van der Waals surface area contributed by atoms with Gasteiger partial charge in [0.2, 0.25) is 23.6 Å². The van der Waals surface area contributed by atoms with Gasteiger partial charge in [0.1, 0.15) is 24.4 Å². The monoisotopic (exact) mass is 519 g/mol. The maximum Gasteiger partial charge on any atom is 0.245 e. The third-order valence-corrected chi connectivity index (χ3v) is 6.10. The molecule has 11 nitrogen and oxygen atoms in total. The number of aliphatic hydroxyl groups excluding tert-OH is 1. The van der Waals surface area contributed by atoms with Crippen LogP contribution in [0.5, 0.6) is 0 Å². The van der Waals surface area contributed by atoms with E-state index in [0.29, 0.717) is 12.7 Å². The van der Waals surface area contributed by atoms with Crippen molar-refractivity contribution in [2.75, 3.05) is 6.54 Å². The number of hydrogen-bond acceptors (Lipinski definition) is 7. The van der Waals surface area contributed by atoms with Gasteiger partial charge in [0.05, 0.1) is 18.7 Å². The fourth-order valence-corrected chi connectivity index (χ4v) is 3.60. The van der Waals surface area contributed by atoms with Crippen molar-refractivity contribution in [3.05, 3.63) is 35.9 Å². The van der Waals surface area contributed by atoms with Gasteiger partial charge < -0.3 is 36.9 Å². The molecule has 0 bridgehead atoms. The van der Waals surface area contributed by atoms with Gasteiger partial charge in [-0.05, 0) is 30.7 Å². The molecule has 11 heteroatoms. The van der Waals surface area contributed by atoms with E-state index in [1.807, 2.05) is 37.3 Å². The lowest BCUT2D eigenvalue weighted by Crippen LogP contribution is -2.62. The highest BCUT2D eigenvalue weighted by molar-refractivity contribution is 5.95. The van der Waals surface area contributed by atoms with Gasteiger partial charge in [-0.25, -0.2) is 0 Å². The first-order valence-corrected chi connectivity index (χ1v) is 12.5. The number of amides is 4. The summed E-state index contributed by atoms with van der Waals surface area (Å²) in [6.45, 7) is 8.16. The lowest BCUT2D eigenvalue weighted by atomic mass is 9.97. The summed E-state index contributed by atoms with van der Waals surface area (Å²) in [4.78, 5) is 61.9. The topological polar surface area (TPSA) is 180 Å². The third kappa shape index (κ3) is 10.3. The maximum absolute atomic E-state index is 13.1. The zero-order chi connectivity index (χ0) is 28.1. The molecular formula is C26H41N5O6. The quantitative estimate of drug-likeness (QED) is 0.168. The summed E-state index contributed by atoms with van der Waals surface area (Å²) in [5, 5.41) is 20.4. The van der Waals surface area contributed by atoms with Crippen LogP contribution in [0.15, 0.2) is 30.3 Å². The minimum Gasteiger partial charge on any atom is -0.391 e. The molecule has 0 saturated carbocycles. The number of aliphatic hydroxyl groups is 1. The van der Waals surface area contributed by atoms with Crippen LogP contribution in [-0.4, -0.2) is 71.8 Å². The molecule has 0 saturated heterocycles. The van der Waals surface area contributed by atoms with E-state index in [9.17, 15) is 29.1 Å². The average Bonchev–Trinajstić information content (AvgIpc) is 2.86. The Balaban J connectivity index is 2.94. The molecule has 0 aromatic heterocycles. The summed E-state index contributed by atoms with van der Waals surface area (Å²) in [5.41, 5.74) is 6.92. The number of carbonyl (C=O) groups excluding carboxylic acids is 5. The molecule has 0 unspecified atom stereocenters. The number of aldehydes is 1. The molecule has 0 aliphatic heterocycles. The van der Waals surface area contributed by atoms with E-state index >= 15 is 0 Å². The standard InChI is InChI=1S/C26H41N5O6/c1-6-16(4)21(24(35)28-12-13-32)30-26(37)22(17(5)33)31-25(36)20(15(2)3)29-23(34)19(27)14-18-10-8-7-9-11-18/h7-11,13,15-17,19-22,33H,6,12,14,27H2,1-5H3,(H,28,35)(H,29,34)(H,30,37)(H,31,36)/t16-,17+,19-,20-,21-,22-/m0/s1. The van der Waals surface area contributed by atoms with Crippen molar-refractivity contribution < 1.29 is 29.1 Å². The van der Waals surface area contributed by atoms with Crippen molar-refractivity contribution in [3.63, 3.8) is 0 Å². The van der Waals surface area contributed by atoms with Gasteiger partial charge in [0, 0.05) is 0 Å². The highest BCUT2D eigenvalue weighted by Gasteiger charge is 2.34. The molecule has 1 aromatic rings. The van der Waals surface area contributed by atoms with E-state index in [1.165, 1.54) is 6.92 Å². The third-order valence-electron chi connectivity index (χ3n) is 6.10. The van der Waals surface area contributed by atoms with Crippen LogP contribution in [0.3, 0.4) is 0 Å². The highest BCUT2D eigenvalue weighted by atomic mass is 16.3. The Kier molecular flexibility index (Phi) is 13.5. The van der Waals surface area contributed by atoms with Crippen molar-refractivity contribution in [2.45, 2.75) is 77.7 Å². The molecule has 0 heterocycles. The van der Waals surface area contributed by atoms with E-state index in [2.05, 4.69) is 21.3 Å². The number of rotatable bonds is 15. The van der Waals surface area contributed by atoms with Gasteiger partial charge in [0.15, 0.2) is 0 Å². The van der Waals surface area contributed by atoms with Gasteiger partial charge in [-0.2, -0.15) is 0 Å². The number of hydrogen-bond donors (Lipinski definition) is 6. The number of benzene rings is 1. The molecule has 6 atom stereocenters. The molecule has 7 N–H and O–H groups in total. The minimum atomic E-state index is -1.39. The van der Waals surface area contributed by atoms with Crippen LogP contribution in [-0.2, 0) is 30.4 Å². The molecule has 37 heavy (non-hydrogen) atoms. The van der Waals surface area contributed by atoms with Crippen LogP contribution in [0.25, 0.3) is 0 Å². The predicted octanol–water partition coefficient (Wildman–Crippen LogP) is -0.591. The molecule has 0 aliphatic carbocycles. The van der Waals surface area contributed by atoms with Crippen LogP contribution in [0.1, 0.15) is 46.6 Å². The zero-order valence-corrected chi connectivity index (χ0v) is 22.2. The highest BCUT2D eigenvalue weighted by Crippen LogP contribution is 2.10. The van der Waals surface area contributed by atoms with Gasteiger partial charge in [-0.3, -0.25) is 19.2 Å². The molecule has 1 aromatic carbocycles. The van der Waals surface area contributed by atoms with Crippen molar-refractivity contribution >= 4 is 29.9 Å². The Morgan fingerprint density at radius 3 is 1.92 bits per heavy atom. The van der Waals surface area contributed by atoms with Crippen molar-refractivity contribution in [1.82, 2.24) is 21.3 Å². The van der Waals surface area contributed by atoms with Crippen molar-refractivity contribution in [1.29, 1.82) is 0 Å². The summed E-state index contributed by atoms with van der Waals surface area (Å²) in [5.74, 6) is -3.17. The average molecular weight is 520 g/mol. The SMILES string of the molecule is CC[C@H](C)[C@H](NC(=O)[C@@H](NC(=O)[C@@H](NC(=O)[C@@H](N)Cc1ccccc1)C(C)C)[C@@H](C)O)C(=O)NCC=O. The maximum atomic E-state index is 13.1. The summed E-state index contributed by atoms with van der Waals surface area (Å²) < 4.78 is 0. The Labute approximate surface area is 218 Å². The van der Waals surface area contributed by atoms with Crippen molar-refractivity contribution in [2.24, 2.45) is 17.6 Å². The van der Waals surface area contributed by atoms with Gasteiger partial charge in [-0.15, -0.1) is 0 Å². The second kappa shape index (κ2) is 15.7. The fourth-order valence-electron chi connectivity index (χ4n) is 3.60. The van der Waals surface area contributed by atoms with E-state index in [0.717, 1.165) is 5.56 Å². The lowest BCUT2D eigenvalue weighted by molar-refractivity contribution is -0.137. The van der Waals surface area contributed by atoms with Crippen LogP contribution < -0.4 is 27.0 Å². The Hall–Kier alpha value is -3.31. The minimum absolute atomic E-state index is 0.208.